The SMILES string of the molecule is Cc1nc(CC(=O)OCc2cc(=O)n3ccccc3n2)cs1. The zero-order valence-electron chi connectivity index (χ0n) is 11.9. The van der Waals surface area contributed by atoms with E-state index in [9.17, 15) is 9.59 Å². The molecule has 0 bridgehead atoms. The summed E-state index contributed by atoms with van der Waals surface area (Å²) in [6.07, 6.45) is 1.77. The number of fused-ring (bicyclic) bond motifs is 1. The minimum absolute atomic E-state index is 0.0252. The van der Waals surface area contributed by atoms with Crippen molar-refractivity contribution in [2.24, 2.45) is 0 Å². The number of aryl methyl sites for hydroxylation is 1. The molecule has 0 N–H and O–H groups in total. The number of nitrogens with zero attached hydrogens (tertiary/aromatic N) is 3. The molecule has 3 heterocycles. The number of esters is 1. The molecule has 0 aliphatic heterocycles. The summed E-state index contributed by atoms with van der Waals surface area (Å²) >= 11 is 1.49. The van der Waals surface area contributed by atoms with Gasteiger partial charge in [0.25, 0.3) is 5.56 Å². The lowest BCUT2D eigenvalue weighted by atomic mass is 10.3. The van der Waals surface area contributed by atoms with Gasteiger partial charge in [0.1, 0.15) is 12.3 Å². The summed E-state index contributed by atoms with van der Waals surface area (Å²) in [4.78, 5) is 32.2. The maximum absolute atomic E-state index is 11.9. The Morgan fingerprint density at radius 1 is 1.32 bits per heavy atom. The summed E-state index contributed by atoms with van der Waals surface area (Å²) < 4.78 is 6.59. The summed E-state index contributed by atoms with van der Waals surface area (Å²) in [6, 6.07) is 6.64. The second-order valence-electron chi connectivity index (χ2n) is 4.71. The van der Waals surface area contributed by atoms with Crippen LogP contribution in [0.3, 0.4) is 0 Å². The Morgan fingerprint density at radius 3 is 2.95 bits per heavy atom. The smallest absolute Gasteiger partial charge is 0.312 e. The molecule has 0 aliphatic carbocycles. The van der Waals surface area contributed by atoms with E-state index in [-0.39, 0.29) is 24.6 Å². The van der Waals surface area contributed by atoms with Crippen LogP contribution in [0.1, 0.15) is 16.4 Å². The molecular formula is C15H13N3O3S. The predicted molar refractivity (Wildman–Crippen MR) is 81.8 cm³/mol. The van der Waals surface area contributed by atoms with E-state index in [1.54, 1.807) is 24.4 Å². The van der Waals surface area contributed by atoms with Crippen molar-refractivity contribution in [3.8, 4) is 0 Å². The van der Waals surface area contributed by atoms with Crippen molar-refractivity contribution in [3.63, 3.8) is 0 Å². The maximum atomic E-state index is 11.9. The van der Waals surface area contributed by atoms with Gasteiger partial charge in [-0.2, -0.15) is 0 Å². The Bertz CT molecular complexity index is 885. The first kappa shape index (κ1) is 14.4. The fourth-order valence-corrected chi connectivity index (χ4v) is 2.63. The molecule has 6 nitrogen and oxygen atoms in total. The van der Waals surface area contributed by atoms with Crippen molar-refractivity contribution in [1.29, 1.82) is 0 Å². The van der Waals surface area contributed by atoms with Gasteiger partial charge in [-0.1, -0.05) is 6.07 Å². The zero-order valence-corrected chi connectivity index (χ0v) is 12.7. The van der Waals surface area contributed by atoms with Crippen LogP contribution in [-0.2, 0) is 22.6 Å². The largest absolute Gasteiger partial charge is 0.459 e. The number of pyridine rings is 1. The Labute approximate surface area is 130 Å². The quantitative estimate of drug-likeness (QED) is 0.686. The first-order chi connectivity index (χ1) is 10.6. The lowest BCUT2D eigenvalue weighted by Gasteiger charge is -2.05. The van der Waals surface area contributed by atoms with Gasteiger partial charge in [-0.25, -0.2) is 9.97 Å². The number of carbonyl (C=O) groups is 1. The molecule has 0 radical (unpaired) electrons. The van der Waals surface area contributed by atoms with E-state index in [1.807, 2.05) is 12.3 Å². The van der Waals surface area contributed by atoms with Crippen molar-refractivity contribution in [3.05, 3.63) is 62.6 Å². The van der Waals surface area contributed by atoms with Crippen LogP contribution in [0.2, 0.25) is 0 Å². The summed E-state index contributed by atoms with van der Waals surface area (Å²) in [5, 5.41) is 2.74. The molecule has 0 amide bonds. The van der Waals surface area contributed by atoms with Crippen LogP contribution >= 0.6 is 11.3 Å². The van der Waals surface area contributed by atoms with Gasteiger partial charge in [0, 0.05) is 17.6 Å². The van der Waals surface area contributed by atoms with Gasteiger partial charge in [0.15, 0.2) is 0 Å². The van der Waals surface area contributed by atoms with E-state index in [2.05, 4.69) is 9.97 Å². The van der Waals surface area contributed by atoms with E-state index in [0.717, 1.165) is 5.01 Å². The fraction of sp³-hybridized carbons (Fsp3) is 0.200. The second kappa shape index (κ2) is 6.07. The van der Waals surface area contributed by atoms with Gasteiger partial charge in [0.05, 0.1) is 22.8 Å². The van der Waals surface area contributed by atoms with Crippen LogP contribution in [0.5, 0.6) is 0 Å². The number of hydrogen-bond donors (Lipinski definition) is 0. The van der Waals surface area contributed by atoms with Crippen molar-refractivity contribution in [1.82, 2.24) is 14.4 Å². The molecule has 0 unspecified atom stereocenters. The van der Waals surface area contributed by atoms with Crippen LogP contribution in [0.25, 0.3) is 5.65 Å². The standard InChI is InChI=1S/C15H13N3O3S/c1-10-16-12(9-22-10)7-15(20)21-8-11-6-14(19)18-5-3-2-4-13(18)17-11/h2-6,9H,7-8H2,1H3. The van der Waals surface area contributed by atoms with Gasteiger partial charge >= 0.3 is 5.97 Å². The maximum Gasteiger partial charge on any atom is 0.312 e. The summed E-state index contributed by atoms with van der Waals surface area (Å²) in [5.74, 6) is -0.389. The van der Waals surface area contributed by atoms with Crippen LogP contribution < -0.4 is 5.56 Å². The van der Waals surface area contributed by atoms with Crippen LogP contribution in [0.4, 0.5) is 0 Å². The van der Waals surface area contributed by atoms with Gasteiger partial charge in [0.2, 0.25) is 0 Å². The molecule has 3 aromatic rings. The summed E-state index contributed by atoms with van der Waals surface area (Å²) in [5.41, 5.74) is 1.45. The normalized spacial score (nSPS) is 10.8. The highest BCUT2D eigenvalue weighted by molar-refractivity contribution is 7.09. The molecule has 3 aromatic heterocycles. The lowest BCUT2D eigenvalue weighted by molar-refractivity contribution is -0.144. The molecular weight excluding hydrogens is 302 g/mol. The third-order valence-corrected chi connectivity index (χ3v) is 3.82. The minimum Gasteiger partial charge on any atom is -0.459 e. The highest BCUT2D eigenvalue weighted by Crippen LogP contribution is 2.09. The number of ether oxygens (including phenoxy) is 1. The Morgan fingerprint density at radius 2 is 2.18 bits per heavy atom. The van der Waals surface area contributed by atoms with Crippen LogP contribution in [0.15, 0.2) is 40.6 Å². The van der Waals surface area contributed by atoms with E-state index in [1.165, 1.54) is 21.8 Å². The second-order valence-corrected chi connectivity index (χ2v) is 5.77. The minimum atomic E-state index is -0.389. The molecule has 7 heteroatoms. The Balaban J connectivity index is 1.68. The Hall–Kier alpha value is -2.54. The van der Waals surface area contributed by atoms with Gasteiger partial charge in [-0.3, -0.25) is 14.0 Å². The molecule has 0 saturated carbocycles. The first-order valence-electron chi connectivity index (χ1n) is 6.66. The monoisotopic (exact) mass is 315 g/mol. The number of hydrogen-bond acceptors (Lipinski definition) is 6. The van der Waals surface area contributed by atoms with Crippen molar-refractivity contribution in [2.45, 2.75) is 20.0 Å². The molecule has 22 heavy (non-hydrogen) atoms. The Kier molecular flexibility index (Phi) is 3.97. The van der Waals surface area contributed by atoms with E-state index in [0.29, 0.717) is 17.0 Å². The molecule has 0 fully saturated rings. The van der Waals surface area contributed by atoms with E-state index in [4.69, 9.17) is 4.74 Å². The van der Waals surface area contributed by atoms with E-state index >= 15 is 0 Å². The van der Waals surface area contributed by atoms with Crippen molar-refractivity contribution < 1.29 is 9.53 Å². The fourth-order valence-electron chi connectivity index (χ4n) is 2.02. The highest BCUT2D eigenvalue weighted by atomic mass is 32.1. The third kappa shape index (κ3) is 3.20. The molecule has 0 saturated heterocycles. The first-order valence-corrected chi connectivity index (χ1v) is 7.54. The van der Waals surface area contributed by atoms with Crippen LogP contribution in [-0.4, -0.2) is 20.3 Å². The predicted octanol–water partition coefficient (Wildman–Crippen LogP) is 1.75. The van der Waals surface area contributed by atoms with Crippen LogP contribution in [0, 0.1) is 6.92 Å². The molecule has 3 rings (SSSR count). The summed E-state index contributed by atoms with van der Waals surface area (Å²) in [6.45, 7) is 1.86. The average Bonchev–Trinajstić information content (AvgIpc) is 2.90. The highest BCUT2D eigenvalue weighted by Gasteiger charge is 2.09. The summed E-state index contributed by atoms with van der Waals surface area (Å²) in [7, 11) is 0. The molecule has 0 aromatic carbocycles. The van der Waals surface area contributed by atoms with E-state index < -0.39 is 0 Å². The van der Waals surface area contributed by atoms with Gasteiger partial charge in [-0.15, -0.1) is 11.3 Å². The number of rotatable bonds is 4. The molecule has 0 spiro atoms. The van der Waals surface area contributed by atoms with Crippen molar-refractivity contribution in [2.75, 3.05) is 0 Å². The topological polar surface area (TPSA) is 73.6 Å². The zero-order chi connectivity index (χ0) is 15.5. The number of carbonyl (C=O) groups excluding carboxylic acids is 1. The molecule has 112 valence electrons. The average molecular weight is 315 g/mol. The van der Waals surface area contributed by atoms with Gasteiger partial charge in [-0.05, 0) is 19.1 Å². The van der Waals surface area contributed by atoms with Crippen molar-refractivity contribution >= 4 is 23.0 Å². The number of thiazole rings is 1. The van der Waals surface area contributed by atoms with Gasteiger partial charge < -0.3 is 4.74 Å². The lowest BCUT2D eigenvalue weighted by Crippen LogP contribution is -2.16. The third-order valence-electron chi connectivity index (χ3n) is 3.00. The molecule has 0 atom stereocenters. The molecule has 0 aliphatic rings. The number of aromatic nitrogens is 3.